The van der Waals surface area contributed by atoms with Crippen LogP contribution in [0.1, 0.15) is 29.5 Å². The molecule has 0 aliphatic carbocycles. The monoisotopic (exact) mass is 781 g/mol. The molecule has 0 amide bonds. The zero-order valence-electron chi connectivity index (χ0n) is 26.3. The van der Waals surface area contributed by atoms with E-state index < -0.39 is 8.07 Å². The van der Waals surface area contributed by atoms with Crippen LogP contribution in [0.15, 0.2) is 126 Å². The first-order valence-corrected chi connectivity index (χ1v) is 18.6. The summed E-state index contributed by atoms with van der Waals surface area (Å²) in [7, 11) is -1.24. The van der Waals surface area contributed by atoms with Crippen molar-refractivity contribution in [1.82, 2.24) is 9.97 Å². The third-order valence-electron chi connectivity index (χ3n) is 8.05. The molecular formula is C40H36IrN2OSi-2. The molecule has 3 heterocycles. The predicted molar refractivity (Wildman–Crippen MR) is 186 cm³/mol. The van der Waals surface area contributed by atoms with Gasteiger partial charge in [-0.15, -0.1) is 53.6 Å². The zero-order valence-corrected chi connectivity index (χ0v) is 29.7. The minimum absolute atomic E-state index is 0. The molecule has 227 valence electrons. The SMILES string of the molecule is CC(c1ccccc1)c1ccc2oc3c(-c4ccccn4)[c-]ccc3c2c1.Cc1c[c-]c(-c2ccc([Si](C)(C)C)cn2)cc1.[Ir]. The van der Waals surface area contributed by atoms with Crippen molar-refractivity contribution >= 4 is 35.2 Å². The minimum atomic E-state index is -1.24. The number of pyridine rings is 2. The van der Waals surface area contributed by atoms with E-state index in [9.17, 15) is 0 Å². The molecule has 0 spiro atoms. The maximum absolute atomic E-state index is 6.21. The Morgan fingerprint density at radius 3 is 2.20 bits per heavy atom. The third-order valence-corrected chi connectivity index (χ3v) is 10.1. The van der Waals surface area contributed by atoms with Gasteiger partial charge in [0.1, 0.15) is 5.58 Å². The fourth-order valence-corrected chi connectivity index (χ4v) is 6.36. The van der Waals surface area contributed by atoms with E-state index in [1.54, 1.807) is 6.20 Å². The second-order valence-corrected chi connectivity index (χ2v) is 17.3. The van der Waals surface area contributed by atoms with Crippen molar-refractivity contribution in [2.24, 2.45) is 0 Å². The Labute approximate surface area is 280 Å². The molecule has 7 rings (SSSR count). The maximum atomic E-state index is 6.21. The normalized spacial score (nSPS) is 11.8. The van der Waals surface area contributed by atoms with Crippen molar-refractivity contribution in [1.29, 1.82) is 0 Å². The molecule has 3 nitrogen and oxygen atoms in total. The van der Waals surface area contributed by atoms with Crippen molar-refractivity contribution in [3.8, 4) is 22.5 Å². The number of furan rings is 1. The van der Waals surface area contributed by atoms with Gasteiger partial charge < -0.3 is 14.4 Å². The van der Waals surface area contributed by atoms with Gasteiger partial charge in [-0.25, -0.2) is 0 Å². The van der Waals surface area contributed by atoms with Crippen LogP contribution in [-0.4, -0.2) is 18.0 Å². The molecule has 7 aromatic rings. The van der Waals surface area contributed by atoms with Gasteiger partial charge in [-0.2, -0.15) is 0 Å². The summed E-state index contributed by atoms with van der Waals surface area (Å²) < 4.78 is 6.21. The van der Waals surface area contributed by atoms with Gasteiger partial charge in [-0.1, -0.05) is 105 Å². The van der Waals surface area contributed by atoms with E-state index >= 15 is 0 Å². The molecule has 1 radical (unpaired) electrons. The predicted octanol–water partition coefficient (Wildman–Crippen LogP) is 10.00. The summed E-state index contributed by atoms with van der Waals surface area (Å²) in [6, 6.07) is 44.0. The summed E-state index contributed by atoms with van der Waals surface area (Å²) in [5.41, 5.74) is 9.41. The second kappa shape index (κ2) is 13.9. The van der Waals surface area contributed by atoms with Gasteiger partial charge >= 0.3 is 0 Å². The average Bonchev–Trinajstić information content (AvgIpc) is 3.44. The summed E-state index contributed by atoms with van der Waals surface area (Å²) in [5.74, 6) is 0.325. The first-order chi connectivity index (χ1) is 21.3. The number of hydrogen-bond acceptors (Lipinski definition) is 3. The van der Waals surface area contributed by atoms with Gasteiger partial charge in [0.2, 0.25) is 0 Å². The van der Waals surface area contributed by atoms with E-state index in [1.165, 1.54) is 21.9 Å². The Bertz CT molecular complexity index is 2000. The molecule has 0 fully saturated rings. The Hall–Kier alpha value is -4.15. The molecule has 0 aliphatic rings. The Morgan fingerprint density at radius 1 is 0.733 bits per heavy atom. The molecule has 0 saturated carbocycles. The van der Waals surface area contributed by atoms with Gasteiger partial charge in [0.15, 0.2) is 0 Å². The largest absolute Gasteiger partial charge is 0.501 e. The molecule has 1 atom stereocenters. The summed E-state index contributed by atoms with van der Waals surface area (Å²) in [6.45, 7) is 11.3. The van der Waals surface area contributed by atoms with E-state index in [4.69, 9.17) is 4.42 Å². The van der Waals surface area contributed by atoms with Crippen molar-refractivity contribution in [2.75, 3.05) is 0 Å². The number of fused-ring (bicyclic) bond motifs is 3. The average molecular weight is 781 g/mol. The number of hydrogen-bond donors (Lipinski definition) is 0. The summed E-state index contributed by atoms with van der Waals surface area (Å²) in [4.78, 5) is 9.01. The Kier molecular flexibility index (Phi) is 9.94. The zero-order chi connectivity index (χ0) is 30.7. The molecule has 5 heteroatoms. The topological polar surface area (TPSA) is 38.9 Å². The molecule has 0 saturated heterocycles. The van der Waals surface area contributed by atoms with E-state index in [0.717, 1.165) is 44.5 Å². The fourth-order valence-electron chi connectivity index (χ4n) is 5.32. The number of rotatable bonds is 5. The van der Waals surface area contributed by atoms with Crippen LogP contribution >= 0.6 is 0 Å². The smallest absolute Gasteiger partial charge is 0.120 e. The van der Waals surface area contributed by atoms with Gasteiger partial charge in [0, 0.05) is 43.8 Å². The molecule has 1 unspecified atom stereocenters. The van der Waals surface area contributed by atoms with Crippen LogP contribution in [0.4, 0.5) is 0 Å². The van der Waals surface area contributed by atoms with Gasteiger partial charge in [-0.05, 0) is 45.9 Å². The van der Waals surface area contributed by atoms with Crippen molar-refractivity contribution in [3.63, 3.8) is 0 Å². The van der Waals surface area contributed by atoms with E-state index in [0.29, 0.717) is 5.92 Å². The van der Waals surface area contributed by atoms with Crippen molar-refractivity contribution in [2.45, 2.75) is 39.4 Å². The number of benzene rings is 4. The summed E-state index contributed by atoms with van der Waals surface area (Å²) in [5, 5.41) is 3.64. The van der Waals surface area contributed by atoms with Crippen LogP contribution in [0.3, 0.4) is 0 Å². The number of nitrogens with zero attached hydrogens (tertiary/aromatic N) is 2. The molecule has 0 aliphatic heterocycles. The number of aromatic nitrogens is 2. The molecular weight excluding hydrogens is 745 g/mol. The van der Waals surface area contributed by atoms with E-state index in [-0.39, 0.29) is 20.1 Å². The summed E-state index contributed by atoms with van der Waals surface area (Å²) in [6.07, 6.45) is 3.82. The van der Waals surface area contributed by atoms with E-state index in [2.05, 4.69) is 134 Å². The fraction of sp³-hybridized carbons (Fsp3) is 0.150. The van der Waals surface area contributed by atoms with Crippen LogP contribution in [0.25, 0.3) is 44.5 Å². The Balaban J connectivity index is 0.000000193. The quantitative estimate of drug-likeness (QED) is 0.129. The first-order valence-electron chi connectivity index (χ1n) is 15.1. The van der Waals surface area contributed by atoms with Crippen molar-refractivity contribution in [3.05, 3.63) is 150 Å². The molecule has 0 N–H and O–H groups in total. The van der Waals surface area contributed by atoms with Gasteiger partial charge in [0.25, 0.3) is 0 Å². The standard InChI is InChI=1S/C25H18NO.C15H18NSi.Ir/c1-17(18-8-3-2-4-9-18)19-13-14-24-22(16-19)20-10-7-11-21(25(20)27-24)23-12-5-6-15-26-23;1-12-5-7-13(8-6-12)15-10-9-14(11-16-15)17(2,3)4;/h2-10,12-17H,1H3;5-7,9-11H,1-4H3;/q2*-1;. The second-order valence-electron chi connectivity index (χ2n) is 12.3. The van der Waals surface area contributed by atoms with Crippen LogP contribution < -0.4 is 5.19 Å². The summed E-state index contributed by atoms with van der Waals surface area (Å²) >= 11 is 0. The van der Waals surface area contributed by atoms with Crippen LogP contribution in [0.2, 0.25) is 19.6 Å². The van der Waals surface area contributed by atoms with Gasteiger partial charge in [-0.3, -0.25) is 0 Å². The van der Waals surface area contributed by atoms with Crippen molar-refractivity contribution < 1.29 is 24.5 Å². The maximum Gasteiger partial charge on any atom is 0.120 e. The van der Waals surface area contributed by atoms with Crippen LogP contribution in [0.5, 0.6) is 0 Å². The third kappa shape index (κ3) is 7.23. The molecule has 4 aromatic carbocycles. The Morgan fingerprint density at radius 2 is 1.53 bits per heavy atom. The van der Waals surface area contributed by atoms with Crippen LogP contribution in [0, 0.1) is 19.1 Å². The van der Waals surface area contributed by atoms with E-state index in [1.807, 2.05) is 36.5 Å². The molecule has 0 bridgehead atoms. The molecule has 3 aromatic heterocycles. The first kappa shape index (κ1) is 32.2. The number of aryl methyl sites for hydroxylation is 1. The van der Waals surface area contributed by atoms with Crippen LogP contribution in [-0.2, 0) is 20.1 Å². The van der Waals surface area contributed by atoms with Gasteiger partial charge in [0.05, 0.1) is 13.7 Å². The minimum Gasteiger partial charge on any atom is -0.501 e. The molecule has 45 heavy (non-hydrogen) atoms.